The SMILES string of the molecule is O=C(/C=C/c1ccc2c(c1)OCO2)c1ccccc1OCc1ccccc1. The maximum atomic E-state index is 12.7. The number of ketones is 1. The van der Waals surface area contributed by atoms with Crippen molar-refractivity contribution in [3.05, 3.63) is 95.6 Å². The fourth-order valence-electron chi connectivity index (χ4n) is 2.81. The van der Waals surface area contributed by atoms with Crippen molar-refractivity contribution in [1.82, 2.24) is 0 Å². The Hall–Kier alpha value is -3.53. The average molecular weight is 358 g/mol. The molecule has 0 amide bonds. The Kier molecular flexibility index (Phi) is 4.88. The molecular formula is C23H18O4. The van der Waals surface area contributed by atoms with Gasteiger partial charge in [-0.1, -0.05) is 54.6 Å². The smallest absolute Gasteiger partial charge is 0.231 e. The fourth-order valence-corrected chi connectivity index (χ4v) is 2.81. The number of rotatable bonds is 6. The quantitative estimate of drug-likeness (QED) is 0.465. The first-order valence-corrected chi connectivity index (χ1v) is 8.67. The van der Waals surface area contributed by atoms with Crippen LogP contribution in [0.15, 0.2) is 78.9 Å². The Labute approximate surface area is 157 Å². The van der Waals surface area contributed by atoms with E-state index in [2.05, 4.69) is 0 Å². The Morgan fingerprint density at radius 3 is 2.59 bits per heavy atom. The number of benzene rings is 3. The van der Waals surface area contributed by atoms with Crippen molar-refractivity contribution in [1.29, 1.82) is 0 Å². The van der Waals surface area contributed by atoms with Gasteiger partial charge in [0.1, 0.15) is 12.4 Å². The second-order valence-electron chi connectivity index (χ2n) is 6.08. The first kappa shape index (κ1) is 16.9. The Bertz CT molecular complexity index is 977. The van der Waals surface area contributed by atoms with Gasteiger partial charge in [0.2, 0.25) is 6.79 Å². The molecule has 0 spiro atoms. The van der Waals surface area contributed by atoms with E-state index < -0.39 is 0 Å². The van der Waals surface area contributed by atoms with Crippen molar-refractivity contribution in [2.45, 2.75) is 6.61 Å². The molecule has 0 saturated carbocycles. The third kappa shape index (κ3) is 4.01. The Morgan fingerprint density at radius 1 is 0.926 bits per heavy atom. The molecule has 1 aliphatic heterocycles. The van der Waals surface area contributed by atoms with Crippen LogP contribution < -0.4 is 14.2 Å². The summed E-state index contributed by atoms with van der Waals surface area (Å²) in [6, 6.07) is 22.7. The lowest BCUT2D eigenvalue weighted by Gasteiger charge is -2.09. The molecule has 0 bridgehead atoms. The van der Waals surface area contributed by atoms with E-state index in [4.69, 9.17) is 14.2 Å². The molecule has 0 saturated heterocycles. The molecule has 1 heterocycles. The van der Waals surface area contributed by atoms with E-state index in [1.807, 2.05) is 66.7 Å². The molecule has 3 aromatic carbocycles. The zero-order valence-corrected chi connectivity index (χ0v) is 14.6. The highest BCUT2D eigenvalue weighted by molar-refractivity contribution is 6.08. The van der Waals surface area contributed by atoms with Gasteiger partial charge in [0.05, 0.1) is 5.56 Å². The maximum Gasteiger partial charge on any atom is 0.231 e. The fraction of sp³-hybridized carbons (Fsp3) is 0.0870. The minimum atomic E-state index is -0.115. The molecule has 3 aromatic rings. The summed E-state index contributed by atoms with van der Waals surface area (Å²) in [7, 11) is 0. The molecule has 27 heavy (non-hydrogen) atoms. The van der Waals surface area contributed by atoms with Crippen LogP contribution in [0.25, 0.3) is 6.08 Å². The predicted molar refractivity (Wildman–Crippen MR) is 103 cm³/mol. The van der Waals surface area contributed by atoms with E-state index in [9.17, 15) is 4.79 Å². The van der Waals surface area contributed by atoms with Crippen molar-refractivity contribution in [2.75, 3.05) is 6.79 Å². The van der Waals surface area contributed by atoms with E-state index in [0.717, 1.165) is 16.9 Å². The molecule has 134 valence electrons. The number of hydrogen-bond donors (Lipinski definition) is 0. The molecule has 0 aliphatic carbocycles. The number of allylic oxidation sites excluding steroid dienone is 1. The molecule has 1 aliphatic rings. The summed E-state index contributed by atoms with van der Waals surface area (Å²) < 4.78 is 16.5. The lowest BCUT2D eigenvalue weighted by atomic mass is 10.1. The van der Waals surface area contributed by atoms with Gasteiger partial charge in [-0.3, -0.25) is 4.79 Å². The van der Waals surface area contributed by atoms with E-state index in [1.54, 1.807) is 18.2 Å². The van der Waals surface area contributed by atoms with Crippen molar-refractivity contribution in [3.8, 4) is 17.2 Å². The van der Waals surface area contributed by atoms with E-state index in [1.165, 1.54) is 0 Å². The number of carbonyl (C=O) groups excluding carboxylic acids is 1. The summed E-state index contributed by atoms with van der Waals surface area (Å²) in [4.78, 5) is 12.7. The van der Waals surface area contributed by atoms with Crippen LogP contribution in [0.1, 0.15) is 21.5 Å². The van der Waals surface area contributed by atoms with Gasteiger partial charge in [-0.25, -0.2) is 0 Å². The lowest BCUT2D eigenvalue weighted by molar-refractivity contribution is 0.104. The third-order valence-corrected chi connectivity index (χ3v) is 4.21. The largest absolute Gasteiger partial charge is 0.488 e. The first-order chi connectivity index (χ1) is 13.3. The summed E-state index contributed by atoms with van der Waals surface area (Å²) in [5.74, 6) is 1.87. The molecule has 0 fully saturated rings. The van der Waals surface area contributed by atoms with Crippen molar-refractivity contribution in [3.63, 3.8) is 0 Å². The number of fused-ring (bicyclic) bond motifs is 1. The summed E-state index contributed by atoms with van der Waals surface area (Å²) >= 11 is 0. The molecule has 0 radical (unpaired) electrons. The second kappa shape index (κ2) is 7.79. The minimum Gasteiger partial charge on any atom is -0.488 e. The zero-order valence-electron chi connectivity index (χ0n) is 14.6. The van der Waals surface area contributed by atoms with Gasteiger partial charge in [-0.15, -0.1) is 0 Å². The molecule has 0 unspecified atom stereocenters. The van der Waals surface area contributed by atoms with E-state index >= 15 is 0 Å². The highest BCUT2D eigenvalue weighted by Gasteiger charge is 2.13. The van der Waals surface area contributed by atoms with Crippen LogP contribution in [0.5, 0.6) is 17.2 Å². The molecule has 4 nitrogen and oxygen atoms in total. The maximum absolute atomic E-state index is 12.7. The number of ether oxygens (including phenoxy) is 3. The van der Waals surface area contributed by atoms with Gasteiger partial charge in [-0.05, 0) is 41.5 Å². The minimum absolute atomic E-state index is 0.115. The van der Waals surface area contributed by atoms with Crippen molar-refractivity contribution in [2.24, 2.45) is 0 Å². The third-order valence-electron chi connectivity index (χ3n) is 4.21. The van der Waals surface area contributed by atoms with Crippen molar-refractivity contribution < 1.29 is 19.0 Å². The molecule has 0 atom stereocenters. The number of hydrogen-bond acceptors (Lipinski definition) is 4. The Balaban J connectivity index is 1.48. The van der Waals surface area contributed by atoms with Crippen LogP contribution in [-0.4, -0.2) is 12.6 Å². The predicted octanol–water partition coefficient (Wildman–Crippen LogP) is 4.89. The molecule has 0 aromatic heterocycles. The second-order valence-corrected chi connectivity index (χ2v) is 6.08. The summed E-state index contributed by atoms with van der Waals surface area (Å²) in [5, 5.41) is 0. The van der Waals surface area contributed by atoms with E-state index in [0.29, 0.717) is 23.7 Å². The number of carbonyl (C=O) groups is 1. The normalized spacial score (nSPS) is 12.3. The summed E-state index contributed by atoms with van der Waals surface area (Å²) in [5.41, 5.74) is 2.45. The van der Waals surface area contributed by atoms with Crippen LogP contribution in [-0.2, 0) is 6.61 Å². The number of para-hydroxylation sites is 1. The molecule has 4 rings (SSSR count). The molecule has 4 heteroatoms. The van der Waals surface area contributed by atoms with Gasteiger partial charge < -0.3 is 14.2 Å². The molecular weight excluding hydrogens is 340 g/mol. The highest BCUT2D eigenvalue weighted by atomic mass is 16.7. The first-order valence-electron chi connectivity index (χ1n) is 8.67. The topological polar surface area (TPSA) is 44.8 Å². The van der Waals surface area contributed by atoms with Crippen LogP contribution in [0.4, 0.5) is 0 Å². The van der Waals surface area contributed by atoms with Crippen LogP contribution in [0.3, 0.4) is 0 Å². The van der Waals surface area contributed by atoms with E-state index in [-0.39, 0.29) is 12.6 Å². The molecule has 0 N–H and O–H groups in total. The summed E-state index contributed by atoms with van der Waals surface area (Å²) in [6.07, 6.45) is 3.31. The Morgan fingerprint density at radius 2 is 1.70 bits per heavy atom. The van der Waals surface area contributed by atoms with Crippen LogP contribution in [0, 0.1) is 0 Å². The van der Waals surface area contributed by atoms with Crippen molar-refractivity contribution >= 4 is 11.9 Å². The monoisotopic (exact) mass is 358 g/mol. The zero-order chi connectivity index (χ0) is 18.5. The average Bonchev–Trinajstić information content (AvgIpc) is 3.19. The van der Waals surface area contributed by atoms with Crippen LogP contribution in [0.2, 0.25) is 0 Å². The van der Waals surface area contributed by atoms with Gasteiger partial charge in [0, 0.05) is 0 Å². The lowest BCUT2D eigenvalue weighted by Crippen LogP contribution is -2.02. The highest BCUT2D eigenvalue weighted by Crippen LogP contribution is 2.33. The standard InChI is InChI=1S/C23H18O4/c24-20(12-10-17-11-13-22-23(14-17)27-16-26-22)19-8-4-5-9-21(19)25-15-18-6-2-1-3-7-18/h1-14H,15-16H2/b12-10+. The van der Waals surface area contributed by atoms with Gasteiger partial charge in [-0.2, -0.15) is 0 Å². The van der Waals surface area contributed by atoms with Gasteiger partial charge in [0.25, 0.3) is 0 Å². The summed E-state index contributed by atoms with van der Waals surface area (Å²) in [6.45, 7) is 0.643. The van der Waals surface area contributed by atoms with Gasteiger partial charge >= 0.3 is 0 Å². The van der Waals surface area contributed by atoms with Crippen LogP contribution >= 0.6 is 0 Å². The van der Waals surface area contributed by atoms with Gasteiger partial charge in [0.15, 0.2) is 17.3 Å².